The molecule has 3 rings (SSSR count). The lowest BCUT2D eigenvalue weighted by atomic mass is 9.74. The van der Waals surface area contributed by atoms with Crippen molar-refractivity contribution in [3.63, 3.8) is 0 Å². The van der Waals surface area contributed by atoms with Crippen LogP contribution in [0, 0.1) is 5.92 Å². The molecule has 0 radical (unpaired) electrons. The number of nitrogens with one attached hydrogen (secondary N) is 3. The van der Waals surface area contributed by atoms with Crippen LogP contribution in [0.1, 0.15) is 31.7 Å². The molecule has 0 bridgehead atoms. The minimum Gasteiger partial charge on any atom is -0.381 e. The van der Waals surface area contributed by atoms with Crippen LogP contribution >= 0.6 is 11.6 Å². The quantitative estimate of drug-likeness (QED) is 0.759. The van der Waals surface area contributed by atoms with Crippen LogP contribution in [0.25, 0.3) is 0 Å². The lowest BCUT2D eigenvalue weighted by molar-refractivity contribution is -0.125. The first-order chi connectivity index (χ1) is 11.7. The van der Waals surface area contributed by atoms with Crippen LogP contribution in [0.3, 0.4) is 0 Å². The largest absolute Gasteiger partial charge is 0.381 e. The van der Waals surface area contributed by atoms with Gasteiger partial charge in [-0.05, 0) is 30.9 Å². The highest BCUT2D eigenvalue weighted by Gasteiger charge is 2.38. The van der Waals surface area contributed by atoms with E-state index in [9.17, 15) is 4.79 Å². The molecule has 2 unspecified atom stereocenters. The molecule has 1 aromatic rings. The van der Waals surface area contributed by atoms with Gasteiger partial charge >= 0.3 is 0 Å². The number of ether oxygens (including phenoxy) is 1. The molecular weight excluding hydrogens is 326 g/mol. The Hall–Kier alpha value is -1.14. The van der Waals surface area contributed by atoms with Gasteiger partial charge in [0.05, 0.1) is 5.92 Å². The van der Waals surface area contributed by atoms with E-state index >= 15 is 0 Å². The lowest BCUT2D eigenvalue weighted by Crippen LogP contribution is -2.48. The van der Waals surface area contributed by atoms with Gasteiger partial charge in [-0.1, -0.05) is 36.7 Å². The average Bonchev–Trinajstić information content (AvgIpc) is 3.10. The van der Waals surface area contributed by atoms with Crippen LogP contribution in [0.2, 0.25) is 5.02 Å². The number of hydrazine groups is 1. The summed E-state index contributed by atoms with van der Waals surface area (Å²) in [6, 6.07) is 8.15. The van der Waals surface area contributed by atoms with Gasteiger partial charge in [-0.3, -0.25) is 15.6 Å². The van der Waals surface area contributed by atoms with Crippen LogP contribution in [0.4, 0.5) is 0 Å². The molecule has 2 aliphatic rings. The number of hydrogen-bond acceptors (Lipinski definition) is 4. The summed E-state index contributed by atoms with van der Waals surface area (Å²) in [6.45, 7) is 4.77. The monoisotopic (exact) mass is 351 g/mol. The zero-order valence-corrected chi connectivity index (χ0v) is 14.9. The summed E-state index contributed by atoms with van der Waals surface area (Å²) in [5, 5.41) is 3.96. The second-order valence-corrected chi connectivity index (χ2v) is 7.14. The smallest absolute Gasteiger partial charge is 0.226 e. The first-order valence-corrected chi connectivity index (χ1v) is 9.13. The fourth-order valence-electron chi connectivity index (χ4n) is 3.79. The predicted molar refractivity (Wildman–Crippen MR) is 94.9 cm³/mol. The number of amides is 1. The Morgan fingerprint density at radius 3 is 2.83 bits per heavy atom. The summed E-state index contributed by atoms with van der Waals surface area (Å²) in [4.78, 5) is 12.7. The van der Waals surface area contributed by atoms with Gasteiger partial charge in [-0.2, -0.15) is 0 Å². The van der Waals surface area contributed by atoms with E-state index in [1.165, 1.54) is 0 Å². The number of rotatable bonds is 5. The molecule has 2 fully saturated rings. The van der Waals surface area contributed by atoms with Crippen molar-refractivity contribution in [3.05, 3.63) is 34.9 Å². The Balaban J connectivity index is 1.73. The standard InChI is InChI=1S/C18H26ClN3O2/c1-2-16-13(11-21-22-16)17(23)20-12-18(7-9-24-10-8-18)14-5-3-4-6-15(14)19/h3-6,13,16,21-22H,2,7-12H2,1H3,(H,20,23). The third kappa shape index (κ3) is 3.59. The van der Waals surface area contributed by atoms with Crippen molar-refractivity contribution in [2.24, 2.45) is 5.92 Å². The Morgan fingerprint density at radius 2 is 2.12 bits per heavy atom. The second kappa shape index (κ2) is 7.83. The molecule has 5 nitrogen and oxygen atoms in total. The third-order valence-electron chi connectivity index (χ3n) is 5.37. The minimum absolute atomic E-state index is 0.0295. The van der Waals surface area contributed by atoms with Crippen molar-refractivity contribution >= 4 is 17.5 Å². The molecule has 1 aromatic carbocycles. The zero-order valence-electron chi connectivity index (χ0n) is 14.1. The fraction of sp³-hybridized carbons (Fsp3) is 0.611. The maximum Gasteiger partial charge on any atom is 0.226 e. The van der Waals surface area contributed by atoms with E-state index in [1.807, 2.05) is 18.2 Å². The van der Waals surface area contributed by atoms with E-state index in [2.05, 4.69) is 29.2 Å². The average molecular weight is 352 g/mol. The third-order valence-corrected chi connectivity index (χ3v) is 5.70. The van der Waals surface area contributed by atoms with Crippen molar-refractivity contribution in [2.75, 3.05) is 26.3 Å². The molecule has 0 spiro atoms. The number of carbonyl (C=O) groups is 1. The highest BCUT2D eigenvalue weighted by atomic mass is 35.5. The molecule has 2 heterocycles. The number of carbonyl (C=O) groups excluding carboxylic acids is 1. The normalized spacial score (nSPS) is 26.2. The van der Waals surface area contributed by atoms with Gasteiger partial charge in [0.1, 0.15) is 0 Å². The minimum atomic E-state index is -0.145. The van der Waals surface area contributed by atoms with Gasteiger partial charge in [-0.15, -0.1) is 0 Å². The van der Waals surface area contributed by atoms with E-state index in [0.717, 1.165) is 29.8 Å². The van der Waals surface area contributed by atoms with E-state index in [-0.39, 0.29) is 23.3 Å². The first-order valence-electron chi connectivity index (χ1n) is 8.75. The van der Waals surface area contributed by atoms with E-state index < -0.39 is 0 Å². The van der Waals surface area contributed by atoms with Crippen molar-refractivity contribution in [3.8, 4) is 0 Å². The number of benzene rings is 1. The zero-order chi connectivity index (χ0) is 17.0. The molecule has 2 saturated heterocycles. The van der Waals surface area contributed by atoms with Crippen LogP contribution in [-0.4, -0.2) is 38.3 Å². The molecular formula is C18H26ClN3O2. The second-order valence-electron chi connectivity index (χ2n) is 6.74. The molecule has 0 aliphatic carbocycles. The van der Waals surface area contributed by atoms with Crippen LogP contribution in [-0.2, 0) is 14.9 Å². The number of halogens is 1. The summed E-state index contributed by atoms with van der Waals surface area (Å²) in [5.41, 5.74) is 7.23. The molecule has 2 aliphatic heterocycles. The summed E-state index contributed by atoms with van der Waals surface area (Å²) < 4.78 is 5.55. The molecule has 6 heteroatoms. The molecule has 3 N–H and O–H groups in total. The Morgan fingerprint density at radius 1 is 1.38 bits per heavy atom. The highest BCUT2D eigenvalue weighted by Crippen LogP contribution is 2.38. The SMILES string of the molecule is CCC1NNCC1C(=O)NCC1(c2ccccc2Cl)CCOCC1. The van der Waals surface area contributed by atoms with Gasteiger partial charge in [0.25, 0.3) is 0 Å². The summed E-state index contributed by atoms with van der Waals surface area (Å²) in [6.07, 6.45) is 2.67. The van der Waals surface area contributed by atoms with Crippen LogP contribution < -0.4 is 16.2 Å². The van der Waals surface area contributed by atoms with Crippen LogP contribution in [0.5, 0.6) is 0 Å². The van der Waals surface area contributed by atoms with Crippen molar-refractivity contribution < 1.29 is 9.53 Å². The number of hydrogen-bond donors (Lipinski definition) is 3. The molecule has 132 valence electrons. The summed E-state index contributed by atoms with van der Waals surface area (Å²) in [7, 11) is 0. The van der Waals surface area contributed by atoms with Crippen molar-refractivity contribution in [1.82, 2.24) is 16.2 Å². The first kappa shape index (κ1) is 17.7. The predicted octanol–water partition coefficient (Wildman–Crippen LogP) is 2.01. The van der Waals surface area contributed by atoms with E-state index in [1.54, 1.807) is 0 Å². The molecule has 0 aromatic heterocycles. The molecule has 2 atom stereocenters. The van der Waals surface area contributed by atoms with Gasteiger partial charge in [0.2, 0.25) is 5.91 Å². The maximum absolute atomic E-state index is 12.7. The van der Waals surface area contributed by atoms with Gasteiger partial charge in [0, 0.05) is 42.8 Å². The van der Waals surface area contributed by atoms with Crippen molar-refractivity contribution in [2.45, 2.75) is 37.6 Å². The lowest BCUT2D eigenvalue weighted by Gasteiger charge is -2.38. The topological polar surface area (TPSA) is 62.4 Å². The van der Waals surface area contributed by atoms with Crippen LogP contribution in [0.15, 0.2) is 24.3 Å². The Kier molecular flexibility index (Phi) is 5.76. The van der Waals surface area contributed by atoms with Gasteiger partial charge < -0.3 is 10.1 Å². The molecule has 1 amide bonds. The van der Waals surface area contributed by atoms with Gasteiger partial charge in [-0.25, -0.2) is 0 Å². The highest BCUT2D eigenvalue weighted by molar-refractivity contribution is 6.31. The van der Waals surface area contributed by atoms with E-state index in [4.69, 9.17) is 16.3 Å². The Labute approximate surface area is 148 Å². The van der Waals surface area contributed by atoms with Gasteiger partial charge in [0.15, 0.2) is 0 Å². The van der Waals surface area contributed by atoms with E-state index in [0.29, 0.717) is 26.3 Å². The van der Waals surface area contributed by atoms with Crippen molar-refractivity contribution in [1.29, 1.82) is 0 Å². The molecule has 0 saturated carbocycles. The summed E-state index contributed by atoms with van der Waals surface area (Å²) >= 11 is 6.46. The maximum atomic E-state index is 12.7. The summed E-state index contributed by atoms with van der Waals surface area (Å²) in [5.74, 6) is 0.0791. The fourth-order valence-corrected chi connectivity index (χ4v) is 4.12. The Bertz CT molecular complexity index is 575. The molecule has 24 heavy (non-hydrogen) atoms.